The highest BCUT2D eigenvalue weighted by molar-refractivity contribution is 4.62. The molecule has 0 saturated heterocycles. The molecule has 0 aliphatic carbocycles. The van der Waals surface area contributed by atoms with Gasteiger partial charge in [0.2, 0.25) is 0 Å². The standard InChI is InChI=1S/C4H11NO.C3H7NO.C3H8/c1-4(2,3)6-5;1-2-3-5-4;1-3-2/h5H2,1-3H3;2H,1,3-4H2;3H2,1-2H3. The van der Waals surface area contributed by atoms with Crippen molar-refractivity contribution in [2.45, 2.75) is 46.6 Å². The largest absolute Gasteiger partial charge is 0.300 e. The minimum atomic E-state index is -0.181. The van der Waals surface area contributed by atoms with Gasteiger partial charge < -0.3 is 4.84 Å². The van der Waals surface area contributed by atoms with Gasteiger partial charge in [-0.1, -0.05) is 26.3 Å². The molecule has 0 saturated carbocycles. The third-order valence-corrected chi connectivity index (χ3v) is 0.568. The highest BCUT2D eigenvalue weighted by Gasteiger charge is 2.05. The number of hydrogen-bond acceptors (Lipinski definition) is 4. The third kappa shape index (κ3) is 61.8. The molecule has 0 rings (SSSR count). The molecule has 0 aromatic carbocycles. The van der Waals surface area contributed by atoms with Gasteiger partial charge in [-0.15, -0.1) is 6.58 Å². The van der Waals surface area contributed by atoms with Crippen LogP contribution in [0, 0.1) is 0 Å². The van der Waals surface area contributed by atoms with E-state index in [0.717, 1.165) is 0 Å². The molecule has 0 aliphatic rings. The maximum Gasteiger partial charge on any atom is 0.0858 e. The van der Waals surface area contributed by atoms with Gasteiger partial charge >= 0.3 is 0 Å². The Hall–Kier alpha value is -0.420. The molecule has 0 aromatic heterocycles. The second-order valence-corrected chi connectivity index (χ2v) is 3.56. The van der Waals surface area contributed by atoms with Gasteiger partial charge in [-0.3, -0.25) is 4.84 Å². The van der Waals surface area contributed by atoms with Gasteiger partial charge in [0.1, 0.15) is 0 Å². The first-order chi connectivity index (χ1) is 6.39. The highest BCUT2D eigenvalue weighted by Crippen LogP contribution is 2.00. The fraction of sp³-hybridized carbons (Fsp3) is 0.800. The summed E-state index contributed by atoms with van der Waals surface area (Å²) in [5.74, 6) is 9.37. The minimum absolute atomic E-state index is 0.181. The van der Waals surface area contributed by atoms with E-state index in [4.69, 9.17) is 5.90 Å². The summed E-state index contributed by atoms with van der Waals surface area (Å²) < 4.78 is 0. The van der Waals surface area contributed by atoms with E-state index < -0.39 is 0 Å². The Labute approximate surface area is 88.2 Å². The molecule has 4 nitrogen and oxygen atoms in total. The molecule has 0 heterocycles. The minimum Gasteiger partial charge on any atom is -0.300 e. The molecule has 0 unspecified atom stereocenters. The Bertz CT molecular complexity index is 101. The number of rotatable bonds is 2. The molecular weight excluding hydrogens is 180 g/mol. The van der Waals surface area contributed by atoms with E-state index in [0.29, 0.717) is 6.61 Å². The van der Waals surface area contributed by atoms with Crippen molar-refractivity contribution in [1.82, 2.24) is 0 Å². The van der Waals surface area contributed by atoms with Crippen molar-refractivity contribution in [3.05, 3.63) is 12.7 Å². The van der Waals surface area contributed by atoms with Crippen molar-refractivity contribution < 1.29 is 9.68 Å². The van der Waals surface area contributed by atoms with Gasteiger partial charge in [0, 0.05) is 0 Å². The highest BCUT2D eigenvalue weighted by atomic mass is 16.6. The van der Waals surface area contributed by atoms with Gasteiger partial charge in [0.25, 0.3) is 0 Å². The molecule has 88 valence electrons. The summed E-state index contributed by atoms with van der Waals surface area (Å²) in [5.41, 5.74) is -0.181. The van der Waals surface area contributed by atoms with E-state index in [1.807, 2.05) is 20.8 Å². The average molecular weight is 206 g/mol. The SMILES string of the molecule is C=CCON.CC(C)(C)ON.CCC. The van der Waals surface area contributed by atoms with Crippen LogP contribution in [0.1, 0.15) is 41.0 Å². The molecular formula is C10H26N2O2. The molecule has 0 bridgehead atoms. The lowest BCUT2D eigenvalue weighted by atomic mass is 10.2. The Balaban J connectivity index is -0.000000138. The third-order valence-electron chi connectivity index (χ3n) is 0.568. The molecule has 0 fully saturated rings. The van der Waals surface area contributed by atoms with Gasteiger partial charge in [0.15, 0.2) is 0 Å². The van der Waals surface area contributed by atoms with Crippen LogP contribution in [0.2, 0.25) is 0 Å². The maximum absolute atomic E-state index is 4.81. The van der Waals surface area contributed by atoms with E-state index >= 15 is 0 Å². The van der Waals surface area contributed by atoms with E-state index in [1.54, 1.807) is 6.08 Å². The zero-order chi connectivity index (χ0) is 12.0. The molecule has 4 N–H and O–H groups in total. The summed E-state index contributed by atoms with van der Waals surface area (Å²) in [7, 11) is 0. The van der Waals surface area contributed by atoms with Gasteiger partial charge in [0.05, 0.1) is 12.2 Å². The zero-order valence-corrected chi connectivity index (χ0v) is 10.2. The van der Waals surface area contributed by atoms with Crippen molar-refractivity contribution in [3.8, 4) is 0 Å². The lowest BCUT2D eigenvalue weighted by Gasteiger charge is -2.12. The van der Waals surface area contributed by atoms with Crippen molar-refractivity contribution in [2.24, 2.45) is 11.8 Å². The summed E-state index contributed by atoms with van der Waals surface area (Å²) in [6, 6.07) is 0. The lowest BCUT2D eigenvalue weighted by molar-refractivity contribution is -0.00428. The first-order valence-corrected chi connectivity index (χ1v) is 4.69. The van der Waals surface area contributed by atoms with Crippen LogP contribution < -0.4 is 11.8 Å². The Morgan fingerprint density at radius 1 is 1.21 bits per heavy atom. The van der Waals surface area contributed by atoms with Gasteiger partial charge in [-0.05, 0) is 20.8 Å². The molecule has 0 radical (unpaired) electrons. The smallest absolute Gasteiger partial charge is 0.0858 e. The second kappa shape index (κ2) is 15.1. The monoisotopic (exact) mass is 206 g/mol. The topological polar surface area (TPSA) is 70.5 Å². The van der Waals surface area contributed by atoms with Crippen LogP contribution in [0.3, 0.4) is 0 Å². The van der Waals surface area contributed by atoms with Crippen molar-refractivity contribution in [3.63, 3.8) is 0 Å². The van der Waals surface area contributed by atoms with E-state index in [9.17, 15) is 0 Å². The first-order valence-electron chi connectivity index (χ1n) is 4.69. The average Bonchev–Trinajstić information content (AvgIpc) is 2.07. The van der Waals surface area contributed by atoms with E-state index in [2.05, 4.69) is 36.0 Å². The second-order valence-electron chi connectivity index (χ2n) is 3.56. The summed E-state index contributed by atoms with van der Waals surface area (Å²) in [5, 5.41) is 0. The van der Waals surface area contributed by atoms with E-state index in [-0.39, 0.29) is 5.60 Å². The fourth-order valence-electron chi connectivity index (χ4n) is 0.0680. The van der Waals surface area contributed by atoms with Crippen molar-refractivity contribution in [2.75, 3.05) is 6.61 Å². The molecule has 0 aromatic rings. The fourth-order valence-corrected chi connectivity index (χ4v) is 0.0680. The predicted molar refractivity (Wildman–Crippen MR) is 61.3 cm³/mol. The van der Waals surface area contributed by atoms with Crippen LogP contribution in [0.5, 0.6) is 0 Å². The van der Waals surface area contributed by atoms with Crippen molar-refractivity contribution in [1.29, 1.82) is 0 Å². The van der Waals surface area contributed by atoms with Crippen molar-refractivity contribution >= 4 is 0 Å². The molecule has 0 atom stereocenters. The summed E-state index contributed by atoms with van der Waals surface area (Å²) in [6.45, 7) is 13.7. The van der Waals surface area contributed by atoms with Crippen LogP contribution in [0.15, 0.2) is 12.7 Å². The van der Waals surface area contributed by atoms with Crippen LogP contribution in [0.4, 0.5) is 0 Å². The zero-order valence-electron chi connectivity index (χ0n) is 10.2. The molecule has 0 spiro atoms. The molecule has 0 amide bonds. The summed E-state index contributed by atoms with van der Waals surface area (Å²) >= 11 is 0. The lowest BCUT2D eigenvalue weighted by Crippen LogP contribution is -2.22. The van der Waals surface area contributed by atoms with Gasteiger partial charge in [-0.25, -0.2) is 11.8 Å². The van der Waals surface area contributed by atoms with Crippen LogP contribution >= 0.6 is 0 Å². The Morgan fingerprint density at radius 3 is 1.50 bits per heavy atom. The van der Waals surface area contributed by atoms with Crippen LogP contribution in [-0.2, 0) is 9.68 Å². The number of nitrogens with two attached hydrogens (primary N) is 2. The maximum atomic E-state index is 4.81. The van der Waals surface area contributed by atoms with Crippen LogP contribution in [0.25, 0.3) is 0 Å². The Kier molecular flexibility index (Phi) is 20.7. The Morgan fingerprint density at radius 2 is 1.50 bits per heavy atom. The predicted octanol–water partition coefficient (Wildman–Crippen LogP) is 2.15. The van der Waals surface area contributed by atoms with Crippen LogP contribution in [-0.4, -0.2) is 12.2 Å². The quantitative estimate of drug-likeness (QED) is 0.536. The normalized spacial score (nSPS) is 9.07. The number of hydrogen-bond donors (Lipinski definition) is 2. The van der Waals surface area contributed by atoms with Gasteiger partial charge in [-0.2, -0.15) is 0 Å². The molecule has 14 heavy (non-hydrogen) atoms. The molecule has 0 aliphatic heterocycles. The summed E-state index contributed by atoms with van der Waals surface area (Å²) in [4.78, 5) is 8.51. The summed E-state index contributed by atoms with van der Waals surface area (Å²) in [6.07, 6.45) is 2.83. The molecule has 4 heteroatoms. The first kappa shape index (κ1) is 19.2. The van der Waals surface area contributed by atoms with E-state index in [1.165, 1.54) is 6.42 Å².